The highest BCUT2D eigenvalue weighted by molar-refractivity contribution is 14.0. The fourth-order valence-corrected chi connectivity index (χ4v) is 4.76. The molecule has 7 heteroatoms. The van der Waals surface area contributed by atoms with Crippen molar-refractivity contribution < 1.29 is 4.79 Å². The lowest BCUT2D eigenvalue weighted by Crippen LogP contribution is -2.53. The number of piperidine rings is 2. The minimum atomic E-state index is 0. The lowest BCUT2D eigenvalue weighted by atomic mass is 9.79. The van der Waals surface area contributed by atoms with Gasteiger partial charge in [-0.05, 0) is 45.1 Å². The summed E-state index contributed by atoms with van der Waals surface area (Å²) >= 11 is 0. The Morgan fingerprint density at radius 1 is 1.42 bits per heavy atom. The Labute approximate surface area is 175 Å². The summed E-state index contributed by atoms with van der Waals surface area (Å²) in [7, 11) is 1.87. The Bertz CT molecular complexity index is 514. The van der Waals surface area contributed by atoms with E-state index in [4.69, 9.17) is 0 Å². The topological polar surface area (TPSA) is 60.0 Å². The van der Waals surface area contributed by atoms with Crippen LogP contribution in [0.4, 0.5) is 0 Å². The summed E-state index contributed by atoms with van der Waals surface area (Å²) < 4.78 is 0. The summed E-state index contributed by atoms with van der Waals surface area (Å²) in [4.78, 5) is 21.2. The van der Waals surface area contributed by atoms with Crippen molar-refractivity contribution in [1.29, 1.82) is 0 Å². The average molecular weight is 477 g/mol. The molecule has 0 aliphatic carbocycles. The third kappa shape index (κ3) is 5.24. The van der Waals surface area contributed by atoms with E-state index in [-0.39, 0.29) is 35.3 Å². The van der Waals surface area contributed by atoms with Gasteiger partial charge in [0.05, 0.1) is 0 Å². The molecule has 0 aromatic carbocycles. The molecule has 3 aliphatic heterocycles. The molecule has 3 heterocycles. The van der Waals surface area contributed by atoms with Crippen molar-refractivity contribution in [1.82, 2.24) is 20.4 Å². The number of amides is 1. The smallest absolute Gasteiger partial charge is 0.220 e. The predicted molar refractivity (Wildman–Crippen MR) is 117 cm³/mol. The van der Waals surface area contributed by atoms with E-state index in [2.05, 4.69) is 39.3 Å². The van der Waals surface area contributed by atoms with Crippen LogP contribution < -0.4 is 10.6 Å². The number of rotatable bonds is 3. The molecular formula is C19H36IN5O. The quantitative estimate of drug-likeness (QED) is 0.371. The third-order valence-electron chi connectivity index (χ3n) is 6.24. The van der Waals surface area contributed by atoms with E-state index in [0.29, 0.717) is 12.5 Å². The number of likely N-dealkylation sites (tertiary alicyclic amines) is 2. The highest BCUT2D eigenvalue weighted by Gasteiger charge is 2.42. The molecule has 3 unspecified atom stereocenters. The van der Waals surface area contributed by atoms with Crippen molar-refractivity contribution in [3.63, 3.8) is 0 Å². The van der Waals surface area contributed by atoms with Gasteiger partial charge in [-0.15, -0.1) is 24.0 Å². The van der Waals surface area contributed by atoms with E-state index in [9.17, 15) is 4.79 Å². The van der Waals surface area contributed by atoms with E-state index in [0.717, 1.165) is 50.9 Å². The summed E-state index contributed by atoms with van der Waals surface area (Å²) in [6.45, 7) is 10.8. The first-order valence-electron chi connectivity index (χ1n) is 9.98. The van der Waals surface area contributed by atoms with E-state index < -0.39 is 0 Å². The molecule has 2 N–H and O–H groups in total. The Hall–Kier alpha value is -0.570. The first-order chi connectivity index (χ1) is 12.0. The zero-order chi connectivity index (χ0) is 17.9. The van der Waals surface area contributed by atoms with Crippen LogP contribution in [0.3, 0.4) is 0 Å². The van der Waals surface area contributed by atoms with Crippen molar-refractivity contribution in [2.75, 3.05) is 46.3 Å². The normalized spacial score (nSPS) is 31.5. The summed E-state index contributed by atoms with van der Waals surface area (Å²) in [5.74, 6) is 2.01. The highest BCUT2D eigenvalue weighted by Crippen LogP contribution is 2.36. The number of guanidine groups is 1. The number of halogens is 1. The van der Waals surface area contributed by atoms with Gasteiger partial charge in [0, 0.05) is 57.6 Å². The van der Waals surface area contributed by atoms with Gasteiger partial charge in [-0.1, -0.05) is 6.92 Å². The molecule has 3 aliphatic rings. The summed E-state index contributed by atoms with van der Waals surface area (Å²) in [5, 5.41) is 6.62. The first-order valence-corrected chi connectivity index (χ1v) is 9.98. The van der Waals surface area contributed by atoms with E-state index in [1.807, 2.05) is 7.05 Å². The summed E-state index contributed by atoms with van der Waals surface area (Å²) in [6, 6.07) is 0.521. The fraction of sp³-hybridized carbons (Fsp3) is 0.895. The van der Waals surface area contributed by atoms with Crippen LogP contribution in [0.25, 0.3) is 0 Å². The van der Waals surface area contributed by atoms with Crippen molar-refractivity contribution in [2.45, 2.75) is 52.0 Å². The van der Waals surface area contributed by atoms with Gasteiger partial charge >= 0.3 is 0 Å². The Balaban J connectivity index is 0.00000243. The Morgan fingerprint density at radius 2 is 2.23 bits per heavy atom. The second-order valence-corrected chi connectivity index (χ2v) is 8.50. The van der Waals surface area contributed by atoms with Gasteiger partial charge in [-0.3, -0.25) is 14.7 Å². The van der Waals surface area contributed by atoms with Crippen LogP contribution in [-0.4, -0.2) is 74.0 Å². The van der Waals surface area contributed by atoms with Crippen LogP contribution in [0.15, 0.2) is 4.99 Å². The van der Waals surface area contributed by atoms with E-state index >= 15 is 0 Å². The average Bonchev–Trinajstić information content (AvgIpc) is 2.95. The molecular weight excluding hydrogens is 441 g/mol. The standard InChI is InChI=1S/C19H35N5O.HI/c1-15-6-4-8-23(12-15)16(2)11-21-18(20-3)24-9-5-7-19(14-24)10-17(25)22-13-19;/h15-16H,4-14H2,1-3H3,(H,20,21)(H,22,25);1H. The molecule has 6 nitrogen and oxygen atoms in total. The Kier molecular flexibility index (Phi) is 8.00. The third-order valence-corrected chi connectivity index (χ3v) is 6.24. The molecule has 26 heavy (non-hydrogen) atoms. The van der Waals surface area contributed by atoms with Crippen LogP contribution in [0.1, 0.15) is 46.0 Å². The van der Waals surface area contributed by atoms with Crippen molar-refractivity contribution >= 4 is 35.8 Å². The monoisotopic (exact) mass is 477 g/mol. The first kappa shape index (κ1) is 21.7. The lowest BCUT2D eigenvalue weighted by Gasteiger charge is -2.41. The molecule has 1 amide bonds. The second-order valence-electron chi connectivity index (χ2n) is 8.50. The van der Waals surface area contributed by atoms with Gasteiger partial charge in [0.1, 0.15) is 0 Å². The molecule has 3 rings (SSSR count). The van der Waals surface area contributed by atoms with Crippen molar-refractivity contribution in [3.05, 3.63) is 0 Å². The SMILES string of the molecule is CN=C(NCC(C)N1CCCC(C)C1)N1CCCC2(CNC(=O)C2)C1.I. The molecule has 150 valence electrons. The summed E-state index contributed by atoms with van der Waals surface area (Å²) in [5.41, 5.74) is 0.112. The van der Waals surface area contributed by atoms with Gasteiger partial charge in [0.25, 0.3) is 0 Å². The molecule has 3 atom stereocenters. The number of nitrogens with one attached hydrogen (secondary N) is 2. The fourth-order valence-electron chi connectivity index (χ4n) is 4.76. The molecule has 0 aromatic rings. The molecule has 0 bridgehead atoms. The molecule has 3 saturated heterocycles. The minimum absolute atomic E-state index is 0. The maximum atomic E-state index is 11.7. The maximum absolute atomic E-state index is 11.7. The van der Waals surface area contributed by atoms with Crippen LogP contribution >= 0.6 is 24.0 Å². The zero-order valence-electron chi connectivity index (χ0n) is 16.6. The molecule has 0 radical (unpaired) electrons. The highest BCUT2D eigenvalue weighted by atomic mass is 127. The van der Waals surface area contributed by atoms with Crippen molar-refractivity contribution in [3.8, 4) is 0 Å². The number of hydrogen-bond donors (Lipinski definition) is 2. The summed E-state index contributed by atoms with van der Waals surface area (Å²) in [6.07, 6.45) is 5.62. The number of hydrogen-bond acceptors (Lipinski definition) is 3. The van der Waals surface area contributed by atoms with Gasteiger partial charge < -0.3 is 15.5 Å². The Morgan fingerprint density at radius 3 is 2.88 bits per heavy atom. The van der Waals surface area contributed by atoms with Gasteiger partial charge in [-0.25, -0.2) is 0 Å². The van der Waals surface area contributed by atoms with Crippen LogP contribution in [0, 0.1) is 11.3 Å². The lowest BCUT2D eigenvalue weighted by molar-refractivity contribution is -0.119. The molecule has 3 fully saturated rings. The molecule has 0 saturated carbocycles. The number of nitrogens with zero attached hydrogens (tertiary/aromatic N) is 3. The molecule has 0 aromatic heterocycles. The van der Waals surface area contributed by atoms with Gasteiger partial charge in [0.15, 0.2) is 5.96 Å². The van der Waals surface area contributed by atoms with Gasteiger partial charge in [-0.2, -0.15) is 0 Å². The van der Waals surface area contributed by atoms with Crippen LogP contribution in [-0.2, 0) is 4.79 Å². The van der Waals surface area contributed by atoms with Crippen LogP contribution in [0.5, 0.6) is 0 Å². The van der Waals surface area contributed by atoms with E-state index in [1.165, 1.54) is 25.9 Å². The predicted octanol–water partition coefficient (Wildman–Crippen LogP) is 1.90. The zero-order valence-corrected chi connectivity index (χ0v) is 18.9. The maximum Gasteiger partial charge on any atom is 0.220 e. The molecule has 1 spiro atoms. The van der Waals surface area contributed by atoms with E-state index in [1.54, 1.807) is 0 Å². The number of aliphatic imine (C=N–C) groups is 1. The second kappa shape index (κ2) is 9.57. The minimum Gasteiger partial charge on any atom is -0.355 e. The largest absolute Gasteiger partial charge is 0.355 e. The van der Waals surface area contributed by atoms with Gasteiger partial charge in [0.2, 0.25) is 5.91 Å². The number of carbonyl (C=O) groups is 1. The number of carbonyl (C=O) groups excluding carboxylic acids is 1. The van der Waals surface area contributed by atoms with Crippen molar-refractivity contribution in [2.24, 2.45) is 16.3 Å². The van der Waals surface area contributed by atoms with Crippen LogP contribution in [0.2, 0.25) is 0 Å².